The second-order valence-corrected chi connectivity index (χ2v) is 7.59. The summed E-state index contributed by atoms with van der Waals surface area (Å²) in [6.45, 7) is 11.8. The SMILES string of the molecule is Cc1nn(C(C)(C)C)cc1[C@H](C)NC(=O)N1CCC[C@H](CO)C1. The lowest BCUT2D eigenvalue weighted by atomic mass is 9.99. The number of aliphatic hydroxyl groups is 1. The minimum Gasteiger partial charge on any atom is -0.396 e. The average molecular weight is 322 g/mol. The van der Waals surface area contributed by atoms with Gasteiger partial charge < -0.3 is 15.3 Å². The van der Waals surface area contributed by atoms with Gasteiger partial charge in [0, 0.05) is 31.5 Å². The molecule has 0 aromatic carbocycles. The number of hydrogen-bond donors (Lipinski definition) is 2. The summed E-state index contributed by atoms with van der Waals surface area (Å²) in [4.78, 5) is 14.3. The molecule has 0 bridgehead atoms. The van der Waals surface area contributed by atoms with Crippen LogP contribution in [0.25, 0.3) is 0 Å². The van der Waals surface area contributed by atoms with Crippen molar-refractivity contribution < 1.29 is 9.90 Å². The Labute approximate surface area is 138 Å². The molecule has 0 spiro atoms. The summed E-state index contributed by atoms with van der Waals surface area (Å²) in [5, 5.41) is 16.9. The Morgan fingerprint density at radius 2 is 2.22 bits per heavy atom. The van der Waals surface area contributed by atoms with Gasteiger partial charge in [0.05, 0.1) is 17.3 Å². The van der Waals surface area contributed by atoms with E-state index in [4.69, 9.17) is 0 Å². The van der Waals surface area contributed by atoms with Crippen LogP contribution in [0.15, 0.2) is 6.20 Å². The first-order valence-corrected chi connectivity index (χ1v) is 8.45. The van der Waals surface area contributed by atoms with Crippen LogP contribution >= 0.6 is 0 Å². The van der Waals surface area contributed by atoms with Crippen molar-refractivity contribution in [1.29, 1.82) is 0 Å². The monoisotopic (exact) mass is 322 g/mol. The molecule has 0 aliphatic carbocycles. The van der Waals surface area contributed by atoms with Gasteiger partial charge in [-0.2, -0.15) is 5.10 Å². The zero-order chi connectivity index (χ0) is 17.2. The zero-order valence-corrected chi connectivity index (χ0v) is 15.0. The van der Waals surface area contributed by atoms with Crippen molar-refractivity contribution in [2.45, 2.75) is 59.0 Å². The minimum absolute atomic E-state index is 0.0569. The molecule has 2 heterocycles. The van der Waals surface area contributed by atoms with Crippen LogP contribution in [0.1, 0.15) is 57.8 Å². The largest absolute Gasteiger partial charge is 0.396 e. The van der Waals surface area contributed by atoms with Gasteiger partial charge in [0.2, 0.25) is 0 Å². The number of aliphatic hydroxyl groups excluding tert-OH is 1. The molecule has 0 radical (unpaired) electrons. The number of hydrogen-bond acceptors (Lipinski definition) is 3. The summed E-state index contributed by atoms with van der Waals surface area (Å²) in [5.41, 5.74) is 1.91. The van der Waals surface area contributed by atoms with Gasteiger partial charge in [-0.3, -0.25) is 4.68 Å². The third-order valence-electron chi connectivity index (χ3n) is 4.50. The van der Waals surface area contributed by atoms with Crippen LogP contribution in [-0.2, 0) is 5.54 Å². The third kappa shape index (κ3) is 4.25. The van der Waals surface area contributed by atoms with Crippen molar-refractivity contribution in [2.75, 3.05) is 19.7 Å². The summed E-state index contributed by atoms with van der Waals surface area (Å²) >= 11 is 0. The molecule has 6 heteroatoms. The highest BCUT2D eigenvalue weighted by molar-refractivity contribution is 5.74. The Bertz CT molecular complexity index is 547. The fourth-order valence-electron chi connectivity index (χ4n) is 2.99. The highest BCUT2D eigenvalue weighted by atomic mass is 16.3. The molecule has 2 N–H and O–H groups in total. The predicted octanol–water partition coefficient (Wildman–Crippen LogP) is 2.42. The molecule has 2 rings (SSSR count). The highest BCUT2D eigenvalue weighted by Gasteiger charge is 2.25. The van der Waals surface area contributed by atoms with Crippen LogP contribution in [-0.4, -0.2) is 45.5 Å². The number of aromatic nitrogens is 2. The number of rotatable bonds is 3. The lowest BCUT2D eigenvalue weighted by molar-refractivity contribution is 0.128. The van der Waals surface area contributed by atoms with Gasteiger partial charge in [0.1, 0.15) is 0 Å². The second-order valence-electron chi connectivity index (χ2n) is 7.59. The van der Waals surface area contributed by atoms with Crippen LogP contribution in [0.2, 0.25) is 0 Å². The van der Waals surface area contributed by atoms with E-state index >= 15 is 0 Å². The normalized spacial score (nSPS) is 20.4. The molecule has 0 unspecified atom stereocenters. The number of amides is 2. The van der Waals surface area contributed by atoms with E-state index in [-0.39, 0.29) is 30.1 Å². The number of carbonyl (C=O) groups excluding carboxylic acids is 1. The summed E-state index contributed by atoms with van der Waals surface area (Å²) < 4.78 is 1.95. The van der Waals surface area contributed by atoms with Gasteiger partial charge >= 0.3 is 6.03 Å². The molecule has 1 aromatic rings. The lowest BCUT2D eigenvalue weighted by Crippen LogP contribution is -2.46. The predicted molar refractivity (Wildman–Crippen MR) is 90.3 cm³/mol. The molecule has 1 fully saturated rings. The van der Waals surface area contributed by atoms with E-state index in [1.54, 1.807) is 0 Å². The number of aryl methyl sites for hydroxylation is 1. The van der Waals surface area contributed by atoms with E-state index in [2.05, 4.69) is 31.2 Å². The molecule has 130 valence electrons. The topological polar surface area (TPSA) is 70.4 Å². The number of nitrogens with one attached hydrogen (secondary N) is 1. The first-order chi connectivity index (χ1) is 10.7. The fourth-order valence-corrected chi connectivity index (χ4v) is 2.99. The molecule has 2 amide bonds. The van der Waals surface area contributed by atoms with E-state index < -0.39 is 0 Å². The quantitative estimate of drug-likeness (QED) is 0.898. The van der Waals surface area contributed by atoms with Crippen LogP contribution in [0.3, 0.4) is 0 Å². The average Bonchev–Trinajstić information content (AvgIpc) is 2.89. The Hall–Kier alpha value is -1.56. The maximum atomic E-state index is 12.5. The summed E-state index contributed by atoms with van der Waals surface area (Å²) in [5.74, 6) is 0.204. The van der Waals surface area contributed by atoms with Gasteiger partial charge in [0.15, 0.2) is 0 Å². The molecule has 2 atom stereocenters. The first kappa shape index (κ1) is 17.8. The fraction of sp³-hybridized carbons (Fsp3) is 0.765. The molecule has 23 heavy (non-hydrogen) atoms. The van der Waals surface area contributed by atoms with E-state index in [0.29, 0.717) is 6.54 Å². The van der Waals surface area contributed by atoms with Crippen molar-refractivity contribution in [3.8, 4) is 0 Å². The standard InChI is InChI=1S/C17H30N4O2/c1-12(15-10-21(17(3,4)5)19-13(15)2)18-16(23)20-8-6-7-14(9-20)11-22/h10,12,14,22H,6-9,11H2,1-5H3,(H,18,23)/t12-,14-/m0/s1. The summed E-state index contributed by atoms with van der Waals surface area (Å²) in [6, 6.07) is -0.147. The maximum absolute atomic E-state index is 12.5. The molecule has 0 saturated carbocycles. The number of nitrogens with zero attached hydrogens (tertiary/aromatic N) is 3. The van der Waals surface area contributed by atoms with Crippen LogP contribution in [0.5, 0.6) is 0 Å². The summed E-state index contributed by atoms with van der Waals surface area (Å²) in [6.07, 6.45) is 3.97. The first-order valence-electron chi connectivity index (χ1n) is 8.45. The third-order valence-corrected chi connectivity index (χ3v) is 4.50. The van der Waals surface area contributed by atoms with Crippen molar-refractivity contribution in [1.82, 2.24) is 20.0 Å². The lowest BCUT2D eigenvalue weighted by Gasteiger charge is -2.32. The zero-order valence-electron chi connectivity index (χ0n) is 15.0. The van der Waals surface area contributed by atoms with E-state index in [1.807, 2.05) is 29.6 Å². The molecular weight excluding hydrogens is 292 g/mol. The van der Waals surface area contributed by atoms with Gasteiger partial charge in [-0.15, -0.1) is 0 Å². The minimum atomic E-state index is -0.0897. The molecule has 1 saturated heterocycles. The number of urea groups is 1. The molecule has 6 nitrogen and oxygen atoms in total. The number of carbonyl (C=O) groups is 1. The van der Waals surface area contributed by atoms with Crippen molar-refractivity contribution in [3.63, 3.8) is 0 Å². The molecule has 1 aliphatic heterocycles. The summed E-state index contributed by atoms with van der Waals surface area (Å²) in [7, 11) is 0. The Balaban J connectivity index is 2.02. The van der Waals surface area contributed by atoms with E-state index in [1.165, 1.54) is 0 Å². The maximum Gasteiger partial charge on any atom is 0.317 e. The van der Waals surface area contributed by atoms with Crippen molar-refractivity contribution in [3.05, 3.63) is 17.5 Å². The van der Waals surface area contributed by atoms with Gasteiger partial charge in [-0.1, -0.05) is 0 Å². The van der Waals surface area contributed by atoms with Gasteiger partial charge in [0.25, 0.3) is 0 Å². The van der Waals surface area contributed by atoms with Crippen LogP contribution in [0.4, 0.5) is 4.79 Å². The Morgan fingerprint density at radius 3 is 2.78 bits per heavy atom. The Kier molecular flexibility index (Phi) is 5.34. The molecule has 1 aliphatic rings. The number of likely N-dealkylation sites (tertiary alicyclic amines) is 1. The van der Waals surface area contributed by atoms with Gasteiger partial charge in [-0.25, -0.2) is 4.79 Å². The van der Waals surface area contributed by atoms with E-state index in [9.17, 15) is 9.90 Å². The smallest absolute Gasteiger partial charge is 0.317 e. The molecule has 1 aromatic heterocycles. The van der Waals surface area contributed by atoms with Crippen molar-refractivity contribution in [2.24, 2.45) is 5.92 Å². The molecular formula is C17H30N4O2. The van der Waals surface area contributed by atoms with Gasteiger partial charge in [-0.05, 0) is 53.4 Å². The second kappa shape index (κ2) is 6.91. The van der Waals surface area contributed by atoms with Crippen molar-refractivity contribution >= 4 is 6.03 Å². The number of piperidine rings is 1. The van der Waals surface area contributed by atoms with E-state index in [0.717, 1.165) is 30.6 Å². The Morgan fingerprint density at radius 1 is 1.52 bits per heavy atom. The highest BCUT2D eigenvalue weighted by Crippen LogP contribution is 2.22. The van der Waals surface area contributed by atoms with Crippen LogP contribution in [0, 0.1) is 12.8 Å². The van der Waals surface area contributed by atoms with Crippen LogP contribution < -0.4 is 5.32 Å².